The molecule has 0 fully saturated rings. The maximum absolute atomic E-state index is 13.6. The number of nitrogens with zero attached hydrogens (tertiary/aromatic N) is 10. The van der Waals surface area contributed by atoms with E-state index in [4.69, 9.17) is 19.2 Å². The Balaban J connectivity index is 0.000000127. The summed E-state index contributed by atoms with van der Waals surface area (Å²) in [5.74, 6) is 3.31. The van der Waals surface area contributed by atoms with E-state index in [0.717, 1.165) is 96.2 Å². The molecule has 0 unspecified atom stereocenters. The predicted octanol–water partition coefficient (Wildman–Crippen LogP) is 26.9. The van der Waals surface area contributed by atoms with Crippen LogP contribution in [0.4, 0.5) is 83.9 Å². The molecule has 29 heteroatoms. The van der Waals surface area contributed by atoms with Gasteiger partial charge < -0.3 is 40.8 Å². The van der Waals surface area contributed by atoms with E-state index < -0.39 is 40.9 Å². The zero-order valence-corrected chi connectivity index (χ0v) is 82.2. The van der Waals surface area contributed by atoms with Crippen LogP contribution in [0.25, 0.3) is 83.0 Å². The maximum Gasteiger partial charge on any atom is 0.434 e. The molecule has 21 rings (SSSR count). The van der Waals surface area contributed by atoms with Crippen molar-refractivity contribution in [2.24, 2.45) is 0 Å². The van der Waals surface area contributed by atoms with Gasteiger partial charge in [-0.25, -0.2) is 19.9 Å². The maximum atomic E-state index is 13.6. The van der Waals surface area contributed by atoms with Gasteiger partial charge in [0.15, 0.2) is 39.4 Å². The number of fused-ring (bicyclic) bond motifs is 5. The summed E-state index contributed by atoms with van der Waals surface area (Å²) in [7, 11) is 0. The number of hydrogen-bond acceptors (Lipinski definition) is 18. The molecular weight excluding hydrogens is 1890 g/mol. The Morgan fingerprint density at radius 1 is 0.282 bits per heavy atom. The van der Waals surface area contributed by atoms with Gasteiger partial charge in [-0.1, -0.05) is 212 Å². The summed E-state index contributed by atoms with van der Waals surface area (Å²) in [4.78, 5) is 86.6. The highest BCUT2D eigenvalue weighted by Gasteiger charge is 2.37. The normalized spacial score (nSPS) is 11.2. The fraction of sp³-hybridized carbons (Fsp3) is 0.117. The van der Waals surface area contributed by atoms with E-state index in [1.54, 1.807) is 64.6 Å². The molecule has 0 radical (unpaired) electrons. The fourth-order valence-corrected chi connectivity index (χ4v) is 17.3. The van der Waals surface area contributed by atoms with Gasteiger partial charge in [0.1, 0.15) is 45.2 Å². The molecule has 0 amide bonds. The molecular formula is C120H101F6N15O8. The lowest BCUT2D eigenvalue weighted by atomic mass is 10.0. The van der Waals surface area contributed by atoms with Crippen LogP contribution in [0.2, 0.25) is 0 Å². The van der Waals surface area contributed by atoms with Gasteiger partial charge in [0.2, 0.25) is 17.6 Å². The Morgan fingerprint density at radius 3 is 0.799 bits per heavy atom. The summed E-state index contributed by atoms with van der Waals surface area (Å²) in [5, 5.41) is 17.7. The van der Waals surface area contributed by atoms with Crippen molar-refractivity contribution in [3.63, 3.8) is 0 Å². The molecule has 0 aliphatic heterocycles. The lowest BCUT2D eigenvalue weighted by Gasteiger charge is -2.20. The van der Waals surface area contributed by atoms with Crippen LogP contribution in [0, 0.1) is 34.6 Å². The van der Waals surface area contributed by atoms with Gasteiger partial charge in [-0.2, -0.15) is 26.3 Å². The third kappa shape index (κ3) is 24.5. The van der Waals surface area contributed by atoms with Crippen molar-refractivity contribution in [3.05, 3.63) is 491 Å². The van der Waals surface area contributed by atoms with Gasteiger partial charge >= 0.3 is 12.4 Å². The summed E-state index contributed by atoms with van der Waals surface area (Å²) >= 11 is 0. The standard InChI is InChI=1S/C28H23N3O.C24H23N3O2.C23H18F3N3O2.C23H21N3O2.C22H16F3N3O/c1-20-17-25-28(24(29-20)18-21-11-5-2-6-12-21)26(32)19-27(30-22-13-7-3-8-14-22)31(25)23-15-9-4-10-16-23;1-16(2)29-24-23-20(14-17(3)25-24)27(19-12-8-5-9-13-19)22(15-21(23)28)26-18-10-6-4-7-11-18;1-15-12-18-21(22(27-15)31-14-23(24,25)26)19(30)13-20(28-16-8-4-2-5-9-16)29(18)17-10-6-3-7-11-17;1-3-28-23-22-19(14-16(2)24-23)26(18-12-8-5-9-13-18)21(15-20(22)27)25-17-10-6-4-7-11-17;1-14-12-17-20(21(26-14)22(23,24)25)18(29)13-19(27-15-8-4-2-5-9-15)28(17)16-10-6-3-7-11-16/h2-17,19,30H,18H2,1H3;4-16,26H,1-3H3;2-13,28H,14H2,1H3;4-15,25H,3H2,1-2H3;2-13,27H,1H3. The molecule has 0 saturated heterocycles. The smallest absolute Gasteiger partial charge is 0.434 e. The zero-order valence-electron chi connectivity index (χ0n) is 82.2. The first-order valence-electron chi connectivity index (χ1n) is 47.9. The largest absolute Gasteiger partial charge is 0.477 e. The third-order valence-corrected chi connectivity index (χ3v) is 23.4. The molecule has 21 aromatic rings. The lowest BCUT2D eigenvalue weighted by Crippen LogP contribution is -2.21. The average Bonchev–Trinajstić information content (AvgIpc) is 0.767. The number of aryl methyl sites for hydroxylation is 5. The molecule has 0 bridgehead atoms. The first kappa shape index (κ1) is 102. The number of pyridine rings is 10. The molecule has 11 aromatic carbocycles. The first-order chi connectivity index (χ1) is 72.0. The average molecular weight is 2000 g/mol. The highest BCUT2D eigenvalue weighted by molar-refractivity contribution is 5.93. The zero-order chi connectivity index (χ0) is 104. The number of rotatable bonds is 23. The number of benzene rings is 11. The summed E-state index contributed by atoms with van der Waals surface area (Å²) < 4.78 is 105. The summed E-state index contributed by atoms with van der Waals surface area (Å²) in [6.45, 7) is 13.6. The number of alkyl halides is 6. The van der Waals surface area contributed by atoms with Crippen molar-refractivity contribution in [2.45, 2.75) is 80.3 Å². The molecule has 5 N–H and O–H groups in total. The van der Waals surface area contributed by atoms with E-state index in [0.29, 0.717) is 86.8 Å². The van der Waals surface area contributed by atoms with Gasteiger partial charge in [0, 0.05) is 122 Å². The number of halogens is 6. The molecule has 10 aromatic heterocycles. The topological polar surface area (TPSA) is 262 Å². The number of para-hydroxylation sites is 10. The molecule has 0 saturated carbocycles. The Bertz CT molecular complexity index is 8650. The fourth-order valence-electron chi connectivity index (χ4n) is 17.3. The van der Waals surface area contributed by atoms with E-state index in [9.17, 15) is 50.3 Å². The molecule has 149 heavy (non-hydrogen) atoms. The second-order valence-corrected chi connectivity index (χ2v) is 34.9. The first-order valence-corrected chi connectivity index (χ1v) is 47.9. The van der Waals surface area contributed by atoms with Crippen LogP contribution in [0.3, 0.4) is 0 Å². The van der Waals surface area contributed by atoms with Crippen molar-refractivity contribution in [1.82, 2.24) is 47.8 Å². The quantitative estimate of drug-likeness (QED) is 0.0373. The number of ether oxygens (including phenoxy) is 3. The van der Waals surface area contributed by atoms with Crippen molar-refractivity contribution < 1.29 is 40.6 Å². The number of nitrogens with one attached hydrogen (secondary N) is 5. The van der Waals surface area contributed by atoms with Crippen LogP contribution in [0.5, 0.6) is 17.6 Å². The molecule has 0 spiro atoms. The second kappa shape index (κ2) is 45.9. The van der Waals surface area contributed by atoms with Crippen LogP contribution in [-0.4, -0.2) is 73.2 Å². The van der Waals surface area contributed by atoms with Crippen LogP contribution in [0.1, 0.15) is 66.2 Å². The van der Waals surface area contributed by atoms with E-state index in [1.165, 1.54) is 25.1 Å². The van der Waals surface area contributed by atoms with Gasteiger partial charge in [-0.15, -0.1) is 0 Å². The summed E-state index contributed by atoms with van der Waals surface area (Å²) in [6, 6.07) is 122. The van der Waals surface area contributed by atoms with Crippen LogP contribution < -0.4 is 67.9 Å². The minimum atomic E-state index is -4.74. The Kier molecular flexibility index (Phi) is 31.3. The SMILES string of the molecule is CCOc1nc(C)cc2c1c(=O)cc(Nc1ccccc1)n2-c1ccccc1.Cc1cc2c(c(C(F)(F)F)n1)c(=O)cc(Nc1ccccc1)n2-c1ccccc1.Cc1cc2c(c(Cc3ccccc3)n1)c(=O)cc(Nc1ccccc1)n2-c1ccccc1.Cc1cc2c(c(OC(C)C)n1)c(=O)cc(Nc1ccccc1)n2-c1ccccc1.Cc1cc2c(c(OCC(F)(F)F)n1)c(=O)cc(Nc1ccccc1)n2-c1ccccc1. The number of anilines is 10. The molecule has 0 atom stereocenters. The highest BCUT2D eigenvalue weighted by Crippen LogP contribution is 2.39. The minimum Gasteiger partial charge on any atom is -0.477 e. The highest BCUT2D eigenvalue weighted by atomic mass is 19.4. The van der Waals surface area contributed by atoms with Crippen molar-refractivity contribution in [1.29, 1.82) is 0 Å². The van der Waals surface area contributed by atoms with E-state index in [-0.39, 0.29) is 44.9 Å². The van der Waals surface area contributed by atoms with Crippen molar-refractivity contribution in [3.8, 4) is 46.1 Å². The van der Waals surface area contributed by atoms with Crippen LogP contribution in [-0.2, 0) is 12.6 Å². The monoisotopic (exact) mass is 1990 g/mol. The van der Waals surface area contributed by atoms with Crippen molar-refractivity contribution >= 4 is 112 Å². The van der Waals surface area contributed by atoms with Crippen LogP contribution >= 0.6 is 0 Å². The predicted molar refractivity (Wildman–Crippen MR) is 582 cm³/mol. The van der Waals surface area contributed by atoms with Gasteiger partial charge in [-0.3, -0.25) is 51.8 Å². The Morgan fingerprint density at radius 2 is 0.517 bits per heavy atom. The third-order valence-electron chi connectivity index (χ3n) is 23.4. The van der Waals surface area contributed by atoms with Gasteiger partial charge in [-0.05, 0) is 213 Å². The second-order valence-electron chi connectivity index (χ2n) is 34.9. The molecule has 23 nitrogen and oxygen atoms in total. The van der Waals surface area contributed by atoms with E-state index in [2.05, 4.69) is 63.2 Å². The summed E-state index contributed by atoms with van der Waals surface area (Å²) in [5.41, 5.74) is 13.6. The minimum absolute atomic E-state index is 0.0164. The lowest BCUT2D eigenvalue weighted by molar-refractivity contribution is -0.153. The van der Waals surface area contributed by atoms with Crippen molar-refractivity contribution in [2.75, 3.05) is 39.8 Å². The van der Waals surface area contributed by atoms with Gasteiger partial charge in [0.25, 0.3) is 0 Å². The Hall–Kier alpha value is -18.8. The van der Waals surface area contributed by atoms with Gasteiger partial charge in [0.05, 0.1) is 56.8 Å². The summed E-state index contributed by atoms with van der Waals surface area (Å²) in [6.07, 6.45) is -8.77. The number of hydrogen-bond donors (Lipinski definition) is 5. The van der Waals surface area contributed by atoms with E-state index in [1.807, 2.05) is 366 Å². The molecule has 0 aliphatic rings. The van der Waals surface area contributed by atoms with Crippen LogP contribution in [0.15, 0.2) is 418 Å². The number of aromatic nitrogens is 10. The molecule has 0 aliphatic carbocycles. The van der Waals surface area contributed by atoms with E-state index >= 15 is 0 Å². The molecule has 10 heterocycles. The molecule has 746 valence electrons. The Labute approximate surface area is 852 Å².